The zero-order chi connectivity index (χ0) is 16.9. The molecule has 0 spiro atoms. The van der Waals surface area contributed by atoms with Crippen LogP contribution < -0.4 is 14.8 Å². The van der Waals surface area contributed by atoms with E-state index in [4.69, 9.17) is 9.47 Å². The van der Waals surface area contributed by atoms with E-state index < -0.39 is 5.72 Å². The Balaban J connectivity index is 1.95. The van der Waals surface area contributed by atoms with Crippen molar-refractivity contribution in [2.75, 3.05) is 6.61 Å². The molecule has 4 rings (SSSR count). The van der Waals surface area contributed by atoms with Crippen LogP contribution in [-0.4, -0.2) is 23.3 Å². The fourth-order valence-electron chi connectivity index (χ4n) is 4.62. The van der Waals surface area contributed by atoms with Crippen molar-refractivity contribution >= 4 is 5.91 Å². The highest BCUT2D eigenvalue weighted by Crippen LogP contribution is 2.57. The van der Waals surface area contributed by atoms with E-state index in [-0.39, 0.29) is 23.5 Å². The first-order valence-corrected chi connectivity index (χ1v) is 8.74. The van der Waals surface area contributed by atoms with Crippen molar-refractivity contribution in [3.05, 3.63) is 35.1 Å². The van der Waals surface area contributed by atoms with Gasteiger partial charge in [0.05, 0.1) is 17.9 Å². The predicted molar refractivity (Wildman–Crippen MR) is 89.1 cm³/mol. The highest BCUT2D eigenvalue weighted by atomic mass is 16.5. The van der Waals surface area contributed by atoms with Crippen molar-refractivity contribution in [2.45, 2.75) is 51.2 Å². The Hall–Kier alpha value is -2.17. The number of carbonyl (C=O) groups excluding carboxylic acids is 1. The maximum absolute atomic E-state index is 12.7. The lowest BCUT2D eigenvalue weighted by molar-refractivity contribution is -0.141. The van der Waals surface area contributed by atoms with Gasteiger partial charge in [-0.1, -0.05) is 18.6 Å². The SMILES string of the molecule is CCOc1cccc2c1OC13CCCCC1C2/C(=C(\C)O)C(=O)N3. The molecule has 3 atom stereocenters. The maximum Gasteiger partial charge on any atom is 0.254 e. The van der Waals surface area contributed by atoms with E-state index in [1.165, 1.54) is 0 Å². The van der Waals surface area contributed by atoms with Crippen LogP contribution in [0, 0.1) is 5.92 Å². The third-order valence-corrected chi connectivity index (χ3v) is 5.51. The minimum atomic E-state index is -0.681. The molecule has 1 aliphatic carbocycles. The largest absolute Gasteiger partial charge is 0.512 e. The molecule has 0 aromatic heterocycles. The number of para-hydroxylation sites is 1. The minimum Gasteiger partial charge on any atom is -0.512 e. The first-order valence-electron chi connectivity index (χ1n) is 8.74. The van der Waals surface area contributed by atoms with Crippen LogP contribution in [0.4, 0.5) is 0 Å². The Morgan fingerprint density at radius 3 is 3.04 bits per heavy atom. The van der Waals surface area contributed by atoms with Crippen molar-refractivity contribution in [2.24, 2.45) is 5.92 Å². The molecular weight excluding hydrogens is 306 g/mol. The Morgan fingerprint density at radius 1 is 1.46 bits per heavy atom. The van der Waals surface area contributed by atoms with E-state index in [9.17, 15) is 9.90 Å². The molecule has 24 heavy (non-hydrogen) atoms. The summed E-state index contributed by atoms with van der Waals surface area (Å²) in [5, 5.41) is 13.3. The van der Waals surface area contributed by atoms with E-state index in [0.29, 0.717) is 23.7 Å². The molecule has 3 unspecified atom stereocenters. The second-order valence-electron chi connectivity index (χ2n) is 6.88. The van der Waals surface area contributed by atoms with E-state index in [2.05, 4.69) is 5.32 Å². The predicted octanol–water partition coefficient (Wildman–Crippen LogP) is 3.41. The van der Waals surface area contributed by atoms with Gasteiger partial charge in [0, 0.05) is 23.8 Å². The van der Waals surface area contributed by atoms with Gasteiger partial charge in [-0.3, -0.25) is 4.79 Å². The number of aliphatic hydroxyl groups is 1. The number of ether oxygens (including phenoxy) is 2. The van der Waals surface area contributed by atoms with Crippen LogP contribution in [0.5, 0.6) is 11.5 Å². The van der Waals surface area contributed by atoms with Gasteiger partial charge in [-0.2, -0.15) is 0 Å². The maximum atomic E-state index is 12.7. The summed E-state index contributed by atoms with van der Waals surface area (Å²) in [6.45, 7) is 4.08. The normalized spacial score (nSPS) is 32.8. The smallest absolute Gasteiger partial charge is 0.254 e. The van der Waals surface area contributed by atoms with Gasteiger partial charge in [0.2, 0.25) is 0 Å². The molecule has 2 fully saturated rings. The van der Waals surface area contributed by atoms with E-state index >= 15 is 0 Å². The number of benzene rings is 1. The average Bonchev–Trinajstić information content (AvgIpc) is 2.54. The molecule has 2 aliphatic heterocycles. The third kappa shape index (κ3) is 2.03. The Bertz CT molecular complexity index is 722. The van der Waals surface area contributed by atoms with Crippen LogP contribution in [0.15, 0.2) is 29.5 Å². The van der Waals surface area contributed by atoms with Gasteiger partial charge in [0.25, 0.3) is 5.91 Å². The lowest BCUT2D eigenvalue weighted by Gasteiger charge is -2.54. The Labute approximate surface area is 141 Å². The summed E-state index contributed by atoms with van der Waals surface area (Å²) >= 11 is 0. The summed E-state index contributed by atoms with van der Waals surface area (Å²) in [4.78, 5) is 12.7. The monoisotopic (exact) mass is 329 g/mol. The molecule has 1 saturated heterocycles. The number of piperidine rings is 1. The molecule has 1 aromatic carbocycles. The van der Waals surface area contributed by atoms with Crippen molar-refractivity contribution in [3.63, 3.8) is 0 Å². The van der Waals surface area contributed by atoms with Gasteiger partial charge in [0.15, 0.2) is 17.2 Å². The van der Waals surface area contributed by atoms with Crippen molar-refractivity contribution in [1.29, 1.82) is 0 Å². The minimum absolute atomic E-state index is 0.0892. The molecule has 1 amide bonds. The molecule has 5 nitrogen and oxygen atoms in total. The topological polar surface area (TPSA) is 67.8 Å². The lowest BCUT2D eigenvalue weighted by Crippen LogP contribution is -2.66. The van der Waals surface area contributed by atoms with Crippen LogP contribution in [0.3, 0.4) is 0 Å². The number of nitrogens with one attached hydrogen (secondary N) is 1. The first-order chi connectivity index (χ1) is 11.6. The van der Waals surface area contributed by atoms with Gasteiger partial charge in [-0.25, -0.2) is 0 Å². The summed E-state index contributed by atoms with van der Waals surface area (Å²) in [7, 11) is 0. The Kier molecular flexibility index (Phi) is 3.48. The fourth-order valence-corrected chi connectivity index (χ4v) is 4.62. The molecule has 3 aliphatic rings. The van der Waals surface area contributed by atoms with E-state index in [0.717, 1.165) is 31.2 Å². The molecule has 2 bridgehead atoms. The zero-order valence-corrected chi connectivity index (χ0v) is 14.1. The van der Waals surface area contributed by atoms with Gasteiger partial charge in [0.1, 0.15) is 0 Å². The van der Waals surface area contributed by atoms with Crippen molar-refractivity contribution in [3.8, 4) is 11.5 Å². The molecule has 2 N–H and O–H groups in total. The molecular formula is C19H23NO4. The number of hydrogen-bond acceptors (Lipinski definition) is 4. The van der Waals surface area contributed by atoms with Gasteiger partial charge in [-0.05, 0) is 32.8 Å². The second kappa shape index (κ2) is 5.43. The number of hydrogen-bond donors (Lipinski definition) is 2. The Morgan fingerprint density at radius 2 is 2.29 bits per heavy atom. The quantitative estimate of drug-likeness (QED) is 0.644. The summed E-state index contributed by atoms with van der Waals surface area (Å²) in [6.07, 6.45) is 3.89. The van der Waals surface area contributed by atoms with Crippen molar-refractivity contribution in [1.82, 2.24) is 5.32 Å². The van der Waals surface area contributed by atoms with E-state index in [1.54, 1.807) is 6.92 Å². The number of allylic oxidation sites excluding steroid dienone is 1. The van der Waals surface area contributed by atoms with Gasteiger partial charge < -0.3 is 19.9 Å². The van der Waals surface area contributed by atoms with Crippen LogP contribution in [-0.2, 0) is 4.79 Å². The summed E-state index contributed by atoms with van der Waals surface area (Å²) in [5.41, 5.74) is 0.733. The number of amides is 1. The van der Waals surface area contributed by atoms with Crippen LogP contribution in [0.1, 0.15) is 51.0 Å². The molecule has 5 heteroatoms. The number of rotatable bonds is 2. The molecule has 2 heterocycles. The zero-order valence-electron chi connectivity index (χ0n) is 14.1. The highest BCUT2D eigenvalue weighted by molar-refractivity contribution is 5.97. The molecule has 128 valence electrons. The van der Waals surface area contributed by atoms with Crippen LogP contribution in [0.25, 0.3) is 0 Å². The number of fused-ring (bicyclic) bond motifs is 2. The summed E-state index contributed by atoms with van der Waals surface area (Å²) in [5.74, 6) is 1.28. The summed E-state index contributed by atoms with van der Waals surface area (Å²) in [6, 6.07) is 5.82. The second-order valence-corrected chi connectivity index (χ2v) is 6.88. The number of carbonyl (C=O) groups is 1. The molecule has 0 radical (unpaired) electrons. The van der Waals surface area contributed by atoms with Crippen molar-refractivity contribution < 1.29 is 19.4 Å². The van der Waals surface area contributed by atoms with Crippen LogP contribution in [0.2, 0.25) is 0 Å². The third-order valence-electron chi connectivity index (χ3n) is 5.51. The standard InChI is InChI=1S/C19H23NO4/c1-3-23-14-9-6-7-12-16-13-8-4-5-10-19(13,24-17(12)14)20-18(22)15(16)11(2)21/h6-7,9,13,16,21H,3-5,8,10H2,1-2H3,(H,20,22)/b15-11-. The molecule has 1 aromatic rings. The first kappa shape index (κ1) is 15.4. The van der Waals surface area contributed by atoms with Gasteiger partial charge in [-0.15, -0.1) is 0 Å². The fraction of sp³-hybridized carbons (Fsp3) is 0.526. The molecule has 1 saturated carbocycles. The van der Waals surface area contributed by atoms with Gasteiger partial charge >= 0.3 is 0 Å². The average molecular weight is 329 g/mol. The lowest BCUT2D eigenvalue weighted by atomic mass is 9.64. The van der Waals surface area contributed by atoms with Crippen LogP contribution >= 0.6 is 0 Å². The summed E-state index contributed by atoms with van der Waals surface area (Å²) < 4.78 is 12.2. The van der Waals surface area contributed by atoms with E-state index in [1.807, 2.05) is 25.1 Å². The highest BCUT2D eigenvalue weighted by Gasteiger charge is 2.58. The number of aliphatic hydroxyl groups excluding tert-OH is 1.